The summed E-state index contributed by atoms with van der Waals surface area (Å²) in [6.07, 6.45) is 0.116. The number of aliphatic hydroxyl groups excluding tert-OH is 1. The lowest BCUT2D eigenvalue weighted by molar-refractivity contribution is -0.208. The summed E-state index contributed by atoms with van der Waals surface area (Å²) in [5.74, 6) is 0. The van der Waals surface area contributed by atoms with Gasteiger partial charge in [-0.15, -0.1) is 0 Å². The molecule has 0 spiro atoms. The van der Waals surface area contributed by atoms with Gasteiger partial charge in [0.25, 0.3) is 10.1 Å². The first-order valence-corrected chi connectivity index (χ1v) is 10.6. The molecule has 3 saturated heterocycles. The second-order valence-corrected chi connectivity index (χ2v) is 8.85. The first kappa shape index (κ1) is 18.3. The van der Waals surface area contributed by atoms with E-state index in [2.05, 4.69) is 4.90 Å². The highest BCUT2D eigenvalue weighted by Crippen LogP contribution is 2.35. The molecule has 3 aliphatic heterocycles. The highest BCUT2D eigenvalue weighted by atomic mass is 32.2. The lowest BCUT2D eigenvalue weighted by atomic mass is 9.94. The van der Waals surface area contributed by atoms with Crippen LogP contribution in [0.25, 0.3) is 0 Å². The summed E-state index contributed by atoms with van der Waals surface area (Å²) >= 11 is 0. The van der Waals surface area contributed by atoms with Crippen LogP contribution >= 0.6 is 0 Å². The van der Waals surface area contributed by atoms with Crippen LogP contribution in [-0.4, -0.2) is 68.8 Å². The van der Waals surface area contributed by atoms with Crippen molar-refractivity contribution in [3.63, 3.8) is 0 Å². The van der Waals surface area contributed by atoms with Crippen LogP contribution < -0.4 is 0 Å². The maximum atomic E-state index is 12.7. The molecule has 1 aromatic carbocycles. The third kappa shape index (κ3) is 3.42. The van der Waals surface area contributed by atoms with Gasteiger partial charge in [0, 0.05) is 0 Å². The normalized spacial score (nSPS) is 35.5. The molecule has 3 aliphatic rings. The molecule has 0 radical (unpaired) electrons. The van der Waals surface area contributed by atoms with Crippen molar-refractivity contribution in [2.75, 3.05) is 19.7 Å². The van der Waals surface area contributed by atoms with Gasteiger partial charge in [-0.1, -0.05) is 24.1 Å². The van der Waals surface area contributed by atoms with Gasteiger partial charge in [0.05, 0.1) is 17.5 Å². The third-order valence-corrected chi connectivity index (χ3v) is 6.75. The van der Waals surface area contributed by atoms with Gasteiger partial charge < -0.3 is 14.6 Å². The molecule has 0 aromatic heterocycles. The Morgan fingerprint density at radius 3 is 2.54 bits per heavy atom. The molecule has 8 heteroatoms. The highest BCUT2D eigenvalue weighted by Gasteiger charge is 2.54. The Kier molecular flexibility index (Phi) is 5.06. The molecule has 2 bridgehead atoms. The number of hydrogen-bond donors (Lipinski definition) is 1. The summed E-state index contributed by atoms with van der Waals surface area (Å²) in [7, 11) is -4.03. The number of hydrogen-bond acceptors (Lipinski definition) is 7. The predicted octanol–water partition coefficient (Wildman–Crippen LogP) is 1.04. The maximum absolute atomic E-state index is 12.7. The molecule has 2 unspecified atom stereocenters. The molecule has 4 rings (SSSR count). The van der Waals surface area contributed by atoms with E-state index in [0.717, 1.165) is 31.5 Å². The highest BCUT2D eigenvalue weighted by molar-refractivity contribution is 7.86. The van der Waals surface area contributed by atoms with Gasteiger partial charge in [0.2, 0.25) is 0 Å². The second-order valence-electron chi connectivity index (χ2n) is 7.28. The van der Waals surface area contributed by atoms with Gasteiger partial charge in [0.1, 0.15) is 12.2 Å². The summed E-state index contributed by atoms with van der Waals surface area (Å²) in [4.78, 5) is 2.24. The minimum atomic E-state index is -4.03. The zero-order chi connectivity index (χ0) is 18.3. The van der Waals surface area contributed by atoms with Gasteiger partial charge in [0.15, 0.2) is 12.4 Å². The van der Waals surface area contributed by atoms with Gasteiger partial charge in [-0.3, -0.25) is 9.08 Å². The van der Waals surface area contributed by atoms with Crippen molar-refractivity contribution in [2.24, 2.45) is 0 Å². The van der Waals surface area contributed by atoms with Crippen LogP contribution in [0.2, 0.25) is 0 Å². The van der Waals surface area contributed by atoms with E-state index >= 15 is 0 Å². The lowest BCUT2D eigenvalue weighted by Crippen LogP contribution is -2.62. The first-order valence-electron chi connectivity index (χ1n) is 9.15. The number of fused-ring (bicyclic) bond motifs is 2. The zero-order valence-corrected chi connectivity index (χ0v) is 15.6. The maximum Gasteiger partial charge on any atom is 0.297 e. The van der Waals surface area contributed by atoms with E-state index in [1.54, 1.807) is 12.1 Å². The topological polar surface area (TPSA) is 85.3 Å². The van der Waals surface area contributed by atoms with Crippen LogP contribution in [0.3, 0.4) is 0 Å². The Balaban J connectivity index is 1.56. The molecule has 144 valence electrons. The Bertz CT molecular complexity index is 731. The Labute approximate surface area is 154 Å². The molecule has 3 heterocycles. The van der Waals surface area contributed by atoms with Gasteiger partial charge in [-0.05, 0) is 45.0 Å². The minimum Gasteiger partial charge on any atom is -0.388 e. The number of benzene rings is 1. The number of likely N-dealkylation sites (tertiary alicyclic amines) is 1. The van der Waals surface area contributed by atoms with E-state index in [1.165, 1.54) is 18.6 Å². The van der Waals surface area contributed by atoms with Crippen molar-refractivity contribution < 1.29 is 27.2 Å². The summed E-state index contributed by atoms with van der Waals surface area (Å²) in [6.45, 7) is 3.95. The molecule has 26 heavy (non-hydrogen) atoms. The molecule has 1 N–H and O–H groups in total. The molecule has 7 nitrogen and oxygen atoms in total. The average Bonchev–Trinajstić information content (AvgIpc) is 3.06. The second kappa shape index (κ2) is 7.18. The summed E-state index contributed by atoms with van der Waals surface area (Å²) in [5, 5.41) is 10.9. The molecular weight excluding hydrogens is 358 g/mol. The summed E-state index contributed by atoms with van der Waals surface area (Å²) in [5.41, 5.74) is 0.956. The summed E-state index contributed by atoms with van der Waals surface area (Å²) in [6, 6.07) is 6.11. The zero-order valence-electron chi connectivity index (χ0n) is 14.8. The van der Waals surface area contributed by atoms with Crippen LogP contribution in [-0.2, 0) is 23.8 Å². The molecule has 0 aliphatic carbocycles. The van der Waals surface area contributed by atoms with E-state index in [1.807, 2.05) is 6.92 Å². The fraction of sp³-hybridized carbons (Fsp3) is 0.667. The van der Waals surface area contributed by atoms with Crippen molar-refractivity contribution in [3.05, 3.63) is 29.8 Å². The van der Waals surface area contributed by atoms with Gasteiger partial charge in [-0.2, -0.15) is 8.42 Å². The Morgan fingerprint density at radius 2 is 1.85 bits per heavy atom. The molecule has 5 atom stereocenters. The molecular formula is C18H25NO6S. The van der Waals surface area contributed by atoms with E-state index < -0.39 is 28.6 Å². The fourth-order valence-corrected chi connectivity index (χ4v) is 5.12. The van der Waals surface area contributed by atoms with E-state index in [0.29, 0.717) is 6.61 Å². The Morgan fingerprint density at radius 1 is 1.15 bits per heavy atom. The van der Waals surface area contributed by atoms with E-state index in [9.17, 15) is 13.5 Å². The molecule has 1 aromatic rings. The van der Waals surface area contributed by atoms with Crippen molar-refractivity contribution in [1.82, 2.24) is 4.90 Å². The SMILES string of the molecule is Cc1ccc(S(=O)(=O)OC2[C@@H]3OCC(O3)[C@@H](N3CCCCC3)[C@H]2O)cc1. The van der Waals surface area contributed by atoms with Crippen molar-refractivity contribution in [1.29, 1.82) is 0 Å². The number of nitrogens with zero attached hydrogens (tertiary/aromatic N) is 1. The average molecular weight is 383 g/mol. The van der Waals surface area contributed by atoms with Crippen LogP contribution in [0.5, 0.6) is 0 Å². The van der Waals surface area contributed by atoms with E-state index in [4.69, 9.17) is 13.7 Å². The fourth-order valence-electron chi connectivity index (χ4n) is 4.04. The first-order chi connectivity index (χ1) is 12.5. The number of rotatable bonds is 4. The third-order valence-electron chi connectivity index (χ3n) is 5.43. The quantitative estimate of drug-likeness (QED) is 0.778. The van der Waals surface area contributed by atoms with Crippen molar-refractivity contribution >= 4 is 10.1 Å². The lowest BCUT2D eigenvalue weighted by Gasteiger charge is -2.44. The molecule has 3 fully saturated rings. The van der Waals surface area contributed by atoms with Crippen LogP contribution in [0, 0.1) is 6.92 Å². The summed E-state index contributed by atoms with van der Waals surface area (Å²) < 4.78 is 42.1. The molecule has 0 amide bonds. The van der Waals surface area contributed by atoms with Crippen molar-refractivity contribution in [2.45, 2.75) is 61.7 Å². The monoisotopic (exact) mass is 383 g/mol. The minimum absolute atomic E-state index is 0.0601. The van der Waals surface area contributed by atoms with E-state index in [-0.39, 0.29) is 17.0 Å². The number of piperidine rings is 1. The van der Waals surface area contributed by atoms with Gasteiger partial charge in [-0.25, -0.2) is 0 Å². The van der Waals surface area contributed by atoms with Crippen LogP contribution in [0.1, 0.15) is 24.8 Å². The van der Waals surface area contributed by atoms with Crippen LogP contribution in [0.4, 0.5) is 0 Å². The van der Waals surface area contributed by atoms with Crippen LogP contribution in [0.15, 0.2) is 29.2 Å². The smallest absolute Gasteiger partial charge is 0.297 e. The largest absolute Gasteiger partial charge is 0.388 e. The number of aliphatic hydroxyl groups is 1. The standard InChI is InChI=1S/C18H25NO6S/c1-12-5-7-13(8-6-12)26(21,22)25-17-16(20)15(14-11-23-18(17)24-14)19-9-3-2-4-10-19/h5-8,14-18,20H,2-4,9-11H2,1H3/t14?,15-,16-,17?,18-/m1/s1. The van der Waals surface area contributed by atoms with Crippen molar-refractivity contribution in [3.8, 4) is 0 Å². The number of ether oxygens (including phenoxy) is 2. The molecule has 0 saturated carbocycles. The number of aryl methyl sites for hydroxylation is 1. The Hall–Kier alpha value is -1.03. The predicted molar refractivity (Wildman–Crippen MR) is 93.1 cm³/mol. The van der Waals surface area contributed by atoms with Gasteiger partial charge >= 0.3 is 0 Å².